The summed E-state index contributed by atoms with van der Waals surface area (Å²) in [6.07, 6.45) is 3.16. The van der Waals surface area contributed by atoms with Crippen LogP contribution in [0.5, 0.6) is 0 Å². The molecule has 0 radical (unpaired) electrons. The molecule has 0 aromatic heterocycles. The Labute approximate surface area is 120 Å². The van der Waals surface area contributed by atoms with Crippen LogP contribution in [0, 0.1) is 5.92 Å². The fraction of sp³-hybridized carbons (Fsp3) is 0.429. The molecule has 2 rings (SSSR count). The third-order valence-corrected chi connectivity index (χ3v) is 4.10. The molecule has 0 heterocycles. The van der Waals surface area contributed by atoms with Crippen LogP contribution in [0.2, 0.25) is 0 Å². The molecule has 4 nitrogen and oxygen atoms in total. The predicted molar refractivity (Wildman–Crippen MR) is 76.5 cm³/mol. The molecule has 0 spiro atoms. The van der Waals surface area contributed by atoms with Gasteiger partial charge in [-0.2, -0.15) is 0 Å². The van der Waals surface area contributed by atoms with Gasteiger partial charge in [0, 0.05) is 22.0 Å². The molecule has 0 atom stereocenters. The Hall–Kier alpha value is -1.36. The van der Waals surface area contributed by atoms with Crippen LogP contribution in [0.4, 0.5) is 0 Å². The zero-order valence-corrected chi connectivity index (χ0v) is 12.2. The summed E-state index contributed by atoms with van der Waals surface area (Å²) in [5, 5.41) is 3.01. The summed E-state index contributed by atoms with van der Waals surface area (Å²) >= 11 is 3.34. The summed E-state index contributed by atoms with van der Waals surface area (Å²) in [5.41, 5.74) is 5.94. The molecule has 1 saturated carbocycles. The van der Waals surface area contributed by atoms with Gasteiger partial charge in [-0.15, -0.1) is 0 Å². The van der Waals surface area contributed by atoms with E-state index in [0.717, 1.165) is 30.2 Å². The van der Waals surface area contributed by atoms with Crippen molar-refractivity contribution in [3.63, 3.8) is 0 Å². The van der Waals surface area contributed by atoms with Crippen molar-refractivity contribution < 1.29 is 9.59 Å². The van der Waals surface area contributed by atoms with Crippen molar-refractivity contribution in [3.05, 3.63) is 34.3 Å². The molecule has 3 N–H and O–H groups in total. The van der Waals surface area contributed by atoms with Crippen molar-refractivity contribution in [3.8, 4) is 0 Å². The molecule has 102 valence electrons. The predicted octanol–water partition coefficient (Wildman–Crippen LogP) is 2.22. The van der Waals surface area contributed by atoms with Crippen LogP contribution >= 0.6 is 15.9 Å². The Morgan fingerprint density at radius 3 is 2.21 bits per heavy atom. The van der Waals surface area contributed by atoms with Crippen molar-refractivity contribution in [2.45, 2.75) is 31.7 Å². The minimum absolute atomic E-state index is 0.0270. The van der Waals surface area contributed by atoms with E-state index in [1.807, 2.05) is 12.1 Å². The van der Waals surface area contributed by atoms with Crippen molar-refractivity contribution in [2.75, 3.05) is 0 Å². The number of hydrogen-bond donors (Lipinski definition) is 2. The van der Waals surface area contributed by atoms with Crippen molar-refractivity contribution in [2.24, 2.45) is 11.7 Å². The lowest BCUT2D eigenvalue weighted by atomic mass is 9.85. The van der Waals surface area contributed by atoms with Crippen LogP contribution in [0.3, 0.4) is 0 Å². The minimum Gasteiger partial charge on any atom is -0.369 e. The maximum absolute atomic E-state index is 12.0. The van der Waals surface area contributed by atoms with Crippen LogP contribution in [-0.4, -0.2) is 17.9 Å². The van der Waals surface area contributed by atoms with E-state index in [2.05, 4.69) is 21.2 Å². The average Bonchev–Trinajstić information content (AvgIpc) is 2.40. The molecule has 1 aliphatic carbocycles. The van der Waals surface area contributed by atoms with Crippen molar-refractivity contribution in [1.82, 2.24) is 5.32 Å². The van der Waals surface area contributed by atoms with Gasteiger partial charge in [0.25, 0.3) is 5.91 Å². The van der Waals surface area contributed by atoms with Gasteiger partial charge in [-0.3, -0.25) is 9.59 Å². The largest absolute Gasteiger partial charge is 0.369 e. The zero-order chi connectivity index (χ0) is 13.8. The van der Waals surface area contributed by atoms with E-state index in [0.29, 0.717) is 5.56 Å². The lowest BCUT2D eigenvalue weighted by Gasteiger charge is -2.27. The Balaban J connectivity index is 1.87. The fourth-order valence-corrected chi connectivity index (χ4v) is 2.66. The number of primary amides is 1. The van der Waals surface area contributed by atoms with Gasteiger partial charge in [-0.05, 0) is 49.9 Å². The molecule has 1 aliphatic rings. The fourth-order valence-electron chi connectivity index (χ4n) is 2.39. The highest BCUT2D eigenvalue weighted by Crippen LogP contribution is 2.24. The Morgan fingerprint density at radius 1 is 1.11 bits per heavy atom. The normalized spacial score (nSPS) is 22.8. The topological polar surface area (TPSA) is 72.2 Å². The van der Waals surface area contributed by atoms with Gasteiger partial charge >= 0.3 is 0 Å². The van der Waals surface area contributed by atoms with E-state index >= 15 is 0 Å². The molecule has 1 aromatic rings. The highest BCUT2D eigenvalue weighted by atomic mass is 79.9. The van der Waals surface area contributed by atoms with Crippen molar-refractivity contribution in [1.29, 1.82) is 0 Å². The van der Waals surface area contributed by atoms with E-state index in [1.54, 1.807) is 12.1 Å². The first-order chi connectivity index (χ1) is 9.06. The minimum atomic E-state index is -0.224. The number of nitrogens with one attached hydrogen (secondary N) is 1. The summed E-state index contributed by atoms with van der Waals surface area (Å²) in [6.45, 7) is 0. The first kappa shape index (κ1) is 14.1. The molecule has 1 aromatic carbocycles. The third kappa shape index (κ3) is 3.80. The summed E-state index contributed by atoms with van der Waals surface area (Å²) in [6, 6.07) is 7.41. The number of halogens is 1. The number of nitrogens with two attached hydrogens (primary N) is 1. The molecular formula is C14H17BrN2O2. The maximum atomic E-state index is 12.0. The number of carbonyl (C=O) groups excluding carboxylic acids is 2. The number of rotatable bonds is 3. The molecule has 5 heteroatoms. The van der Waals surface area contributed by atoms with Gasteiger partial charge in [-0.1, -0.05) is 15.9 Å². The van der Waals surface area contributed by atoms with Crippen LogP contribution in [0.15, 0.2) is 28.7 Å². The van der Waals surface area contributed by atoms with Gasteiger partial charge in [0.05, 0.1) is 0 Å². The Kier molecular flexibility index (Phi) is 4.58. The number of amides is 2. The molecular weight excluding hydrogens is 308 g/mol. The number of hydrogen-bond acceptors (Lipinski definition) is 2. The zero-order valence-electron chi connectivity index (χ0n) is 10.6. The van der Waals surface area contributed by atoms with E-state index in [-0.39, 0.29) is 23.8 Å². The molecule has 2 amide bonds. The molecule has 19 heavy (non-hydrogen) atoms. The monoisotopic (exact) mass is 324 g/mol. The summed E-state index contributed by atoms with van der Waals surface area (Å²) in [5.74, 6) is -0.312. The first-order valence-corrected chi connectivity index (χ1v) is 7.21. The average molecular weight is 325 g/mol. The van der Waals surface area contributed by atoms with Crippen LogP contribution < -0.4 is 11.1 Å². The Bertz CT molecular complexity index is 465. The van der Waals surface area contributed by atoms with Crippen LogP contribution in [0.1, 0.15) is 36.0 Å². The van der Waals surface area contributed by atoms with Gasteiger partial charge in [0.15, 0.2) is 0 Å². The van der Waals surface area contributed by atoms with Crippen LogP contribution in [0.25, 0.3) is 0 Å². The van der Waals surface area contributed by atoms with E-state index in [1.165, 1.54) is 0 Å². The van der Waals surface area contributed by atoms with E-state index in [9.17, 15) is 9.59 Å². The molecule has 1 fully saturated rings. The summed E-state index contributed by atoms with van der Waals surface area (Å²) in [4.78, 5) is 23.1. The maximum Gasteiger partial charge on any atom is 0.251 e. The number of benzene rings is 1. The molecule has 0 bridgehead atoms. The van der Waals surface area contributed by atoms with Crippen molar-refractivity contribution >= 4 is 27.7 Å². The highest BCUT2D eigenvalue weighted by molar-refractivity contribution is 9.10. The standard InChI is InChI=1S/C14H17BrN2O2/c15-11-5-1-10(2-6-11)14(19)17-12-7-3-9(4-8-12)13(16)18/h1-2,5-6,9,12H,3-4,7-8H2,(H2,16,18)(H,17,19). The third-order valence-electron chi connectivity index (χ3n) is 3.57. The van der Waals surface area contributed by atoms with Crippen LogP contribution in [-0.2, 0) is 4.79 Å². The lowest BCUT2D eigenvalue weighted by molar-refractivity contribution is -0.122. The quantitative estimate of drug-likeness (QED) is 0.894. The van der Waals surface area contributed by atoms with Gasteiger partial charge < -0.3 is 11.1 Å². The highest BCUT2D eigenvalue weighted by Gasteiger charge is 2.25. The second-order valence-corrected chi connectivity index (χ2v) is 5.85. The van der Waals surface area contributed by atoms with Gasteiger partial charge in [0.1, 0.15) is 0 Å². The second-order valence-electron chi connectivity index (χ2n) is 4.93. The Morgan fingerprint density at radius 2 is 1.68 bits per heavy atom. The lowest BCUT2D eigenvalue weighted by Crippen LogP contribution is -2.39. The smallest absolute Gasteiger partial charge is 0.251 e. The summed E-state index contributed by atoms with van der Waals surface area (Å²) in [7, 11) is 0. The van der Waals surface area contributed by atoms with Gasteiger partial charge in [0.2, 0.25) is 5.91 Å². The number of carbonyl (C=O) groups is 2. The molecule has 0 unspecified atom stereocenters. The summed E-state index contributed by atoms with van der Waals surface area (Å²) < 4.78 is 0.950. The van der Waals surface area contributed by atoms with Gasteiger partial charge in [-0.25, -0.2) is 0 Å². The SMILES string of the molecule is NC(=O)C1CCC(NC(=O)c2ccc(Br)cc2)CC1. The first-order valence-electron chi connectivity index (χ1n) is 6.42. The molecule has 0 saturated heterocycles. The molecule has 0 aliphatic heterocycles. The second kappa shape index (κ2) is 6.19. The van der Waals surface area contributed by atoms with E-state index in [4.69, 9.17) is 5.73 Å². The van der Waals surface area contributed by atoms with E-state index < -0.39 is 0 Å².